The largest absolute Gasteiger partial charge is 0.416 e. The molecule has 4 heterocycles. The molecule has 3 fully saturated rings. The molecule has 7 nitrogen and oxygen atoms in total. The second kappa shape index (κ2) is 7.97. The van der Waals surface area contributed by atoms with Crippen LogP contribution in [0, 0.1) is 5.92 Å². The predicted molar refractivity (Wildman–Crippen MR) is 106 cm³/mol. The Bertz CT molecular complexity index is 857. The Morgan fingerprint density at radius 2 is 1.93 bits per heavy atom. The van der Waals surface area contributed by atoms with Crippen LogP contribution in [0.2, 0.25) is 0 Å². The molecule has 5 rings (SSSR count). The van der Waals surface area contributed by atoms with E-state index in [-0.39, 0.29) is 23.9 Å². The van der Waals surface area contributed by atoms with Crippen molar-refractivity contribution in [1.82, 2.24) is 15.2 Å². The lowest BCUT2D eigenvalue weighted by Gasteiger charge is -2.49. The minimum absolute atomic E-state index is 0.0187. The van der Waals surface area contributed by atoms with Gasteiger partial charge in [0.25, 0.3) is 5.91 Å². The molecule has 0 aliphatic carbocycles. The van der Waals surface area contributed by atoms with E-state index in [2.05, 4.69) is 27.4 Å². The molecule has 2 aromatic rings. The Morgan fingerprint density at radius 1 is 1.21 bits per heavy atom. The van der Waals surface area contributed by atoms with E-state index in [1.165, 1.54) is 31.5 Å². The molecule has 28 heavy (non-hydrogen) atoms. The molecule has 1 aromatic heterocycles. The number of benzene rings is 1. The fourth-order valence-corrected chi connectivity index (χ4v) is 4.82. The van der Waals surface area contributed by atoms with E-state index < -0.39 is 0 Å². The zero-order valence-corrected chi connectivity index (χ0v) is 16.8. The van der Waals surface area contributed by atoms with Gasteiger partial charge in [-0.2, -0.15) is 0 Å². The molecule has 8 heteroatoms. The number of piperidine rings is 3. The van der Waals surface area contributed by atoms with E-state index in [0.29, 0.717) is 22.6 Å². The normalized spacial score (nSPS) is 26.1. The van der Waals surface area contributed by atoms with Gasteiger partial charge in [0.05, 0.1) is 6.20 Å². The van der Waals surface area contributed by atoms with Gasteiger partial charge < -0.3 is 9.73 Å². The van der Waals surface area contributed by atoms with Crippen molar-refractivity contribution in [2.75, 3.05) is 18.4 Å². The highest BCUT2D eigenvalue weighted by atomic mass is 32.2. The molecule has 0 spiro atoms. The van der Waals surface area contributed by atoms with E-state index in [1.54, 1.807) is 6.20 Å². The first kappa shape index (κ1) is 19.0. The summed E-state index contributed by atoms with van der Waals surface area (Å²) in [5.74, 6) is 0.337. The molecule has 0 radical (unpaired) electrons. The number of carbonyl (C=O) groups is 2. The molecule has 0 unspecified atom stereocenters. The van der Waals surface area contributed by atoms with Crippen LogP contribution in [0.25, 0.3) is 0 Å². The lowest BCUT2D eigenvalue weighted by molar-refractivity contribution is -0.114. The number of rotatable bonds is 5. The molecular weight excluding hydrogens is 376 g/mol. The number of amides is 2. The quantitative estimate of drug-likeness (QED) is 0.802. The van der Waals surface area contributed by atoms with Crippen molar-refractivity contribution in [2.45, 2.75) is 48.8 Å². The van der Waals surface area contributed by atoms with Crippen molar-refractivity contribution in [3.63, 3.8) is 0 Å². The Morgan fingerprint density at radius 3 is 2.57 bits per heavy atom. The van der Waals surface area contributed by atoms with Crippen LogP contribution >= 0.6 is 11.8 Å². The maximum Gasteiger partial charge on any atom is 0.302 e. The Labute approximate surface area is 168 Å². The van der Waals surface area contributed by atoms with Crippen molar-refractivity contribution >= 4 is 29.6 Å². The summed E-state index contributed by atoms with van der Waals surface area (Å²) in [7, 11) is 0. The number of anilines is 1. The maximum atomic E-state index is 12.7. The second-order valence-electron chi connectivity index (χ2n) is 7.41. The van der Waals surface area contributed by atoms with Crippen LogP contribution in [-0.2, 0) is 4.79 Å². The van der Waals surface area contributed by atoms with Crippen LogP contribution in [0.4, 0.5) is 6.01 Å². The fourth-order valence-electron chi connectivity index (χ4n) is 4.09. The summed E-state index contributed by atoms with van der Waals surface area (Å²) < 4.78 is 5.45. The molecule has 2 amide bonds. The first-order valence-corrected chi connectivity index (χ1v) is 10.4. The van der Waals surface area contributed by atoms with Crippen molar-refractivity contribution in [3.8, 4) is 0 Å². The van der Waals surface area contributed by atoms with Crippen LogP contribution in [0.1, 0.15) is 37.0 Å². The molecule has 3 aliphatic heterocycles. The van der Waals surface area contributed by atoms with Gasteiger partial charge in [0.2, 0.25) is 5.91 Å². The lowest BCUT2D eigenvalue weighted by atomic mass is 9.79. The molecule has 1 aromatic carbocycles. The number of nitrogens with one attached hydrogen (secondary N) is 2. The standard InChI is InChI=1S/C20H24N4O3S/c1-12-18(14-7-9-24(12)10-8-14)23-19(26)15-3-5-16(6-4-15)28-17-11-21-20(27-17)22-13(2)25/h3-6,11-12,14,18H,7-10H2,1-2H3,(H,23,26)(H,21,22,25)/t12-,18+/m1/s1. The van der Waals surface area contributed by atoms with Crippen LogP contribution < -0.4 is 10.6 Å². The third-order valence-corrected chi connectivity index (χ3v) is 6.48. The van der Waals surface area contributed by atoms with Crippen LogP contribution in [0.5, 0.6) is 0 Å². The first-order valence-electron chi connectivity index (χ1n) is 9.56. The van der Waals surface area contributed by atoms with Crippen LogP contribution in [0.3, 0.4) is 0 Å². The van der Waals surface area contributed by atoms with E-state index >= 15 is 0 Å². The fraction of sp³-hybridized carbons (Fsp3) is 0.450. The minimum Gasteiger partial charge on any atom is -0.416 e. The van der Waals surface area contributed by atoms with Crippen LogP contribution in [-0.4, -0.2) is 46.9 Å². The highest BCUT2D eigenvalue weighted by Crippen LogP contribution is 2.33. The van der Waals surface area contributed by atoms with Crippen LogP contribution in [0.15, 0.2) is 44.9 Å². The summed E-state index contributed by atoms with van der Waals surface area (Å²) in [6, 6.07) is 8.24. The van der Waals surface area contributed by atoms with Gasteiger partial charge in [-0.05, 0) is 63.0 Å². The minimum atomic E-state index is -0.230. The number of fused-ring (bicyclic) bond motifs is 3. The van der Waals surface area contributed by atoms with Gasteiger partial charge in [0.1, 0.15) is 0 Å². The number of aromatic nitrogens is 1. The summed E-state index contributed by atoms with van der Waals surface area (Å²) >= 11 is 1.38. The summed E-state index contributed by atoms with van der Waals surface area (Å²) in [6.07, 6.45) is 3.90. The first-order chi connectivity index (χ1) is 13.5. The maximum absolute atomic E-state index is 12.7. The van der Waals surface area contributed by atoms with Crippen molar-refractivity contribution in [1.29, 1.82) is 0 Å². The van der Waals surface area contributed by atoms with Crippen molar-refractivity contribution in [2.24, 2.45) is 5.92 Å². The predicted octanol–water partition coefficient (Wildman–Crippen LogP) is 3.00. The third kappa shape index (κ3) is 4.07. The van der Waals surface area contributed by atoms with Gasteiger partial charge in [-0.15, -0.1) is 0 Å². The number of nitrogens with zero attached hydrogens (tertiary/aromatic N) is 2. The topological polar surface area (TPSA) is 87.5 Å². The third-order valence-electron chi connectivity index (χ3n) is 5.58. The van der Waals surface area contributed by atoms with Gasteiger partial charge in [0.15, 0.2) is 5.09 Å². The monoisotopic (exact) mass is 400 g/mol. The average molecular weight is 401 g/mol. The van der Waals surface area contributed by atoms with E-state index in [9.17, 15) is 9.59 Å². The average Bonchev–Trinajstić information content (AvgIpc) is 3.11. The van der Waals surface area contributed by atoms with Gasteiger partial charge >= 0.3 is 6.01 Å². The lowest BCUT2D eigenvalue weighted by Crippen LogP contribution is -2.62. The van der Waals surface area contributed by atoms with Gasteiger partial charge in [0, 0.05) is 29.5 Å². The Kier molecular flexibility index (Phi) is 5.41. The zero-order chi connectivity index (χ0) is 19.7. The summed E-state index contributed by atoms with van der Waals surface area (Å²) in [6.45, 7) is 5.91. The van der Waals surface area contributed by atoms with Gasteiger partial charge in [-0.3, -0.25) is 19.8 Å². The molecule has 148 valence electrons. The molecule has 3 aliphatic rings. The number of hydrogen-bond acceptors (Lipinski definition) is 6. The Hall–Kier alpha value is -2.32. The molecule has 2 atom stereocenters. The molecule has 0 saturated carbocycles. The van der Waals surface area contributed by atoms with E-state index in [0.717, 1.165) is 18.0 Å². The highest BCUT2D eigenvalue weighted by Gasteiger charge is 2.40. The number of carbonyl (C=O) groups excluding carboxylic acids is 2. The summed E-state index contributed by atoms with van der Waals surface area (Å²) in [5, 5.41) is 6.32. The number of oxazole rings is 1. The Balaban J connectivity index is 1.37. The SMILES string of the molecule is CC(=O)Nc1ncc(Sc2ccc(C(=O)N[C@@H]3C4CCN(CC4)[C@@H]3C)cc2)o1. The van der Waals surface area contributed by atoms with E-state index in [4.69, 9.17) is 4.42 Å². The molecule has 2 bridgehead atoms. The molecule has 3 saturated heterocycles. The summed E-state index contributed by atoms with van der Waals surface area (Å²) in [4.78, 5) is 31.1. The van der Waals surface area contributed by atoms with Crippen molar-refractivity contribution in [3.05, 3.63) is 36.0 Å². The van der Waals surface area contributed by atoms with Crippen molar-refractivity contribution < 1.29 is 14.0 Å². The van der Waals surface area contributed by atoms with Gasteiger partial charge in [-0.25, -0.2) is 4.98 Å². The highest BCUT2D eigenvalue weighted by molar-refractivity contribution is 7.99. The van der Waals surface area contributed by atoms with E-state index in [1.807, 2.05) is 24.3 Å². The second-order valence-corrected chi connectivity index (χ2v) is 8.48. The summed E-state index contributed by atoms with van der Waals surface area (Å²) in [5.41, 5.74) is 0.657. The number of hydrogen-bond donors (Lipinski definition) is 2. The molecule has 2 N–H and O–H groups in total. The zero-order valence-electron chi connectivity index (χ0n) is 16.0. The molecular formula is C20H24N4O3S. The smallest absolute Gasteiger partial charge is 0.302 e. The van der Waals surface area contributed by atoms with Gasteiger partial charge in [-0.1, -0.05) is 11.8 Å².